The Morgan fingerprint density at radius 2 is 2.32 bits per heavy atom. The van der Waals surface area contributed by atoms with Crippen molar-refractivity contribution in [2.75, 3.05) is 25.0 Å². The second-order valence-corrected chi connectivity index (χ2v) is 5.58. The van der Waals surface area contributed by atoms with Crippen LogP contribution in [0, 0.1) is 0 Å². The molecule has 6 nitrogen and oxygen atoms in total. The molecule has 19 heavy (non-hydrogen) atoms. The Bertz CT molecular complexity index is 437. The van der Waals surface area contributed by atoms with Crippen LogP contribution in [0.1, 0.15) is 37.0 Å². The van der Waals surface area contributed by atoms with E-state index in [0.717, 1.165) is 13.0 Å². The Labute approximate surface area is 117 Å². The van der Waals surface area contributed by atoms with Crippen molar-refractivity contribution >= 4 is 22.4 Å². The molecule has 1 aliphatic heterocycles. The molecule has 1 saturated heterocycles. The molecule has 0 bridgehead atoms. The predicted octanol–water partition coefficient (Wildman–Crippen LogP) is 1.61. The number of aromatic nitrogens is 2. The number of carbonyl (C=O) groups excluding carboxylic acids is 1. The minimum Gasteiger partial charge on any atom is -0.375 e. The molecule has 0 aromatic carbocycles. The van der Waals surface area contributed by atoms with Gasteiger partial charge in [-0.2, -0.15) is 0 Å². The molecule has 2 unspecified atom stereocenters. The Balaban J connectivity index is 2.11. The van der Waals surface area contributed by atoms with E-state index in [-0.39, 0.29) is 18.1 Å². The van der Waals surface area contributed by atoms with Gasteiger partial charge in [-0.15, -0.1) is 10.2 Å². The summed E-state index contributed by atoms with van der Waals surface area (Å²) in [5, 5.41) is 12.2. The summed E-state index contributed by atoms with van der Waals surface area (Å²) in [5.74, 6) is -0.0383. The normalized spacial score (nSPS) is 23.4. The van der Waals surface area contributed by atoms with E-state index in [1.165, 1.54) is 11.3 Å². The minimum atomic E-state index is -0.0383. The van der Waals surface area contributed by atoms with Crippen LogP contribution in [0.25, 0.3) is 0 Å². The van der Waals surface area contributed by atoms with Crippen molar-refractivity contribution in [1.29, 1.82) is 0 Å². The van der Waals surface area contributed by atoms with Crippen molar-refractivity contribution in [2.24, 2.45) is 0 Å². The van der Waals surface area contributed by atoms with Crippen LogP contribution >= 0.6 is 11.3 Å². The fourth-order valence-corrected chi connectivity index (χ4v) is 2.85. The Morgan fingerprint density at radius 1 is 1.53 bits per heavy atom. The van der Waals surface area contributed by atoms with Crippen LogP contribution in [-0.4, -0.2) is 52.8 Å². The lowest BCUT2D eigenvalue weighted by Crippen LogP contribution is -2.51. The van der Waals surface area contributed by atoms with Crippen molar-refractivity contribution in [3.05, 3.63) is 5.01 Å². The maximum absolute atomic E-state index is 12.5. The Hall–Kier alpha value is -1.21. The van der Waals surface area contributed by atoms with Gasteiger partial charge in [0.2, 0.25) is 10.1 Å². The van der Waals surface area contributed by atoms with Gasteiger partial charge in [0.15, 0.2) is 0 Å². The van der Waals surface area contributed by atoms with Crippen LogP contribution in [0.2, 0.25) is 0 Å². The lowest BCUT2D eigenvalue weighted by molar-refractivity contribution is -0.0444. The van der Waals surface area contributed by atoms with Gasteiger partial charge in [0.05, 0.1) is 18.8 Å². The van der Waals surface area contributed by atoms with Crippen LogP contribution in [0.3, 0.4) is 0 Å². The molecule has 1 aromatic heterocycles. The van der Waals surface area contributed by atoms with E-state index in [1.807, 2.05) is 18.7 Å². The van der Waals surface area contributed by atoms with Gasteiger partial charge in [-0.1, -0.05) is 18.3 Å². The number of hydrogen-bond acceptors (Lipinski definition) is 6. The van der Waals surface area contributed by atoms with Crippen LogP contribution in [0.15, 0.2) is 0 Å². The molecule has 7 heteroatoms. The Kier molecular flexibility index (Phi) is 4.71. The van der Waals surface area contributed by atoms with Gasteiger partial charge < -0.3 is 15.0 Å². The lowest BCUT2D eigenvalue weighted by atomic mass is 10.1. The highest BCUT2D eigenvalue weighted by atomic mass is 32.1. The maximum atomic E-state index is 12.5. The summed E-state index contributed by atoms with van der Waals surface area (Å²) >= 11 is 1.31. The number of hydrogen-bond donors (Lipinski definition) is 1. The van der Waals surface area contributed by atoms with Gasteiger partial charge in [-0.3, -0.25) is 4.79 Å². The number of amides is 1. The number of rotatable bonds is 4. The van der Waals surface area contributed by atoms with E-state index >= 15 is 0 Å². The van der Waals surface area contributed by atoms with E-state index in [4.69, 9.17) is 4.74 Å². The van der Waals surface area contributed by atoms with Crippen molar-refractivity contribution in [3.63, 3.8) is 0 Å². The summed E-state index contributed by atoms with van der Waals surface area (Å²) in [4.78, 5) is 14.3. The van der Waals surface area contributed by atoms with Gasteiger partial charge in [-0.05, 0) is 20.3 Å². The molecule has 2 rings (SSSR count). The van der Waals surface area contributed by atoms with Crippen LogP contribution in [0.4, 0.5) is 5.13 Å². The average Bonchev–Trinajstić information content (AvgIpc) is 2.87. The summed E-state index contributed by atoms with van der Waals surface area (Å²) in [5.41, 5.74) is 0. The average molecular weight is 284 g/mol. The third-order valence-electron chi connectivity index (χ3n) is 3.14. The molecule has 2 heterocycles. The summed E-state index contributed by atoms with van der Waals surface area (Å²) in [6.07, 6.45) is 0.963. The van der Waals surface area contributed by atoms with Gasteiger partial charge >= 0.3 is 0 Å². The second kappa shape index (κ2) is 6.29. The van der Waals surface area contributed by atoms with Gasteiger partial charge in [0.1, 0.15) is 0 Å². The van der Waals surface area contributed by atoms with E-state index < -0.39 is 0 Å². The quantitative estimate of drug-likeness (QED) is 0.910. The largest absolute Gasteiger partial charge is 0.375 e. The predicted molar refractivity (Wildman–Crippen MR) is 74.6 cm³/mol. The molecule has 1 aliphatic rings. The molecule has 0 spiro atoms. The summed E-state index contributed by atoms with van der Waals surface area (Å²) in [6, 6.07) is 0.134. The molecule has 0 radical (unpaired) electrons. The van der Waals surface area contributed by atoms with Gasteiger partial charge in [0.25, 0.3) is 5.91 Å². The summed E-state index contributed by atoms with van der Waals surface area (Å²) in [6.45, 7) is 8.02. The molecular formula is C12H20N4O2S. The zero-order chi connectivity index (χ0) is 13.8. The van der Waals surface area contributed by atoms with Crippen molar-refractivity contribution < 1.29 is 9.53 Å². The highest BCUT2D eigenvalue weighted by Gasteiger charge is 2.31. The maximum Gasteiger partial charge on any atom is 0.285 e. The van der Waals surface area contributed by atoms with Crippen molar-refractivity contribution in [1.82, 2.24) is 15.1 Å². The summed E-state index contributed by atoms with van der Waals surface area (Å²) in [7, 11) is 0. The SMILES string of the molecule is CCNc1nnc(C(=O)N2CC(C)OCC2CC)s1. The molecule has 106 valence electrons. The molecule has 1 N–H and O–H groups in total. The highest BCUT2D eigenvalue weighted by Crippen LogP contribution is 2.21. The first-order valence-electron chi connectivity index (χ1n) is 6.65. The topological polar surface area (TPSA) is 67.4 Å². The van der Waals surface area contributed by atoms with Crippen molar-refractivity contribution in [3.8, 4) is 0 Å². The zero-order valence-corrected chi connectivity index (χ0v) is 12.4. The van der Waals surface area contributed by atoms with E-state index in [0.29, 0.717) is 23.3 Å². The molecule has 1 fully saturated rings. The first kappa shape index (κ1) is 14.2. The van der Waals surface area contributed by atoms with Crippen molar-refractivity contribution in [2.45, 2.75) is 39.3 Å². The molecule has 0 saturated carbocycles. The molecule has 0 aliphatic carbocycles. The second-order valence-electron chi connectivity index (χ2n) is 4.61. The molecule has 2 atom stereocenters. The fourth-order valence-electron chi connectivity index (χ4n) is 2.09. The molecular weight excluding hydrogens is 264 g/mol. The zero-order valence-electron chi connectivity index (χ0n) is 11.5. The van der Waals surface area contributed by atoms with E-state index in [1.54, 1.807) is 0 Å². The number of nitrogens with zero attached hydrogens (tertiary/aromatic N) is 3. The first-order chi connectivity index (χ1) is 9.15. The highest BCUT2D eigenvalue weighted by molar-refractivity contribution is 7.17. The number of carbonyl (C=O) groups is 1. The standard InChI is InChI=1S/C12H20N4O2S/c1-4-9-7-18-8(3)6-16(9)11(17)10-14-15-12(19-10)13-5-2/h8-9H,4-7H2,1-3H3,(H,13,15). The van der Waals surface area contributed by atoms with Crippen LogP contribution < -0.4 is 5.32 Å². The fraction of sp³-hybridized carbons (Fsp3) is 0.750. The first-order valence-corrected chi connectivity index (χ1v) is 7.47. The third-order valence-corrected chi connectivity index (χ3v) is 4.00. The number of anilines is 1. The monoisotopic (exact) mass is 284 g/mol. The van der Waals surface area contributed by atoms with Gasteiger partial charge in [-0.25, -0.2) is 0 Å². The third kappa shape index (κ3) is 3.22. The van der Waals surface area contributed by atoms with E-state index in [2.05, 4.69) is 22.4 Å². The smallest absolute Gasteiger partial charge is 0.285 e. The lowest BCUT2D eigenvalue weighted by Gasteiger charge is -2.37. The van der Waals surface area contributed by atoms with Crippen LogP contribution in [0.5, 0.6) is 0 Å². The van der Waals surface area contributed by atoms with Gasteiger partial charge in [0, 0.05) is 13.1 Å². The summed E-state index contributed by atoms with van der Waals surface area (Å²) < 4.78 is 5.60. The number of ether oxygens (including phenoxy) is 1. The minimum absolute atomic E-state index is 0.0383. The van der Waals surface area contributed by atoms with Crippen LogP contribution in [-0.2, 0) is 4.74 Å². The number of morpholine rings is 1. The Morgan fingerprint density at radius 3 is 3.00 bits per heavy atom. The molecule has 1 amide bonds. The van der Waals surface area contributed by atoms with E-state index in [9.17, 15) is 4.79 Å². The number of nitrogens with one attached hydrogen (secondary N) is 1. The molecule has 1 aromatic rings.